The van der Waals surface area contributed by atoms with Crippen LogP contribution in [0.3, 0.4) is 0 Å². The molecular formula is C20H19FN2O2S. The van der Waals surface area contributed by atoms with Crippen molar-refractivity contribution in [2.45, 2.75) is 6.04 Å². The van der Waals surface area contributed by atoms with E-state index in [1.54, 1.807) is 30.6 Å². The van der Waals surface area contributed by atoms with Crippen LogP contribution in [0.5, 0.6) is 5.75 Å². The summed E-state index contributed by atoms with van der Waals surface area (Å²) in [6.07, 6.45) is 0. The number of ether oxygens (including phenoxy) is 1. The van der Waals surface area contributed by atoms with Crippen molar-refractivity contribution in [3.05, 3.63) is 82.3 Å². The summed E-state index contributed by atoms with van der Waals surface area (Å²) in [6, 6.07) is 17.1. The van der Waals surface area contributed by atoms with Gasteiger partial charge in [-0.1, -0.05) is 30.3 Å². The van der Waals surface area contributed by atoms with E-state index in [0.717, 1.165) is 16.1 Å². The van der Waals surface area contributed by atoms with Crippen LogP contribution in [0.2, 0.25) is 0 Å². The predicted octanol–water partition coefficient (Wildman–Crippen LogP) is 4.21. The van der Waals surface area contributed by atoms with Gasteiger partial charge in [-0.2, -0.15) is 0 Å². The molecule has 0 radical (unpaired) electrons. The molecule has 2 N–H and O–H groups in total. The van der Waals surface area contributed by atoms with Crippen LogP contribution in [0.25, 0.3) is 0 Å². The molecule has 1 heterocycles. The molecule has 1 aromatic heterocycles. The molecule has 0 saturated heterocycles. The molecule has 0 fully saturated rings. The fourth-order valence-corrected chi connectivity index (χ4v) is 3.41. The lowest BCUT2D eigenvalue weighted by molar-refractivity contribution is -0.119. The number of hydrogen-bond donors (Lipinski definition) is 2. The fraction of sp³-hybridized carbons (Fsp3) is 0.150. The molecule has 4 nitrogen and oxygen atoms in total. The maximum Gasteiger partial charge on any atom is 0.240 e. The van der Waals surface area contributed by atoms with Gasteiger partial charge in [0.2, 0.25) is 5.91 Å². The number of amides is 1. The van der Waals surface area contributed by atoms with Gasteiger partial charge >= 0.3 is 0 Å². The average molecular weight is 370 g/mol. The number of anilines is 1. The third kappa shape index (κ3) is 4.40. The van der Waals surface area contributed by atoms with Crippen LogP contribution in [-0.4, -0.2) is 19.6 Å². The van der Waals surface area contributed by atoms with E-state index in [1.165, 1.54) is 12.1 Å². The molecule has 134 valence electrons. The molecule has 2 aromatic carbocycles. The van der Waals surface area contributed by atoms with E-state index >= 15 is 0 Å². The highest BCUT2D eigenvalue weighted by molar-refractivity contribution is 7.10. The average Bonchev–Trinajstić information content (AvgIpc) is 3.20. The largest absolute Gasteiger partial charge is 0.495 e. The van der Waals surface area contributed by atoms with Gasteiger partial charge in [-0.05, 0) is 41.3 Å². The minimum atomic E-state index is -0.317. The van der Waals surface area contributed by atoms with Crippen molar-refractivity contribution in [3.63, 3.8) is 0 Å². The molecule has 6 heteroatoms. The zero-order chi connectivity index (χ0) is 18.4. The standard InChI is InChI=1S/C20H19FN2O2S/c1-25-17-6-3-2-5-16(17)22-13-19(24)23-20(18-7-4-12-26-18)14-8-10-15(21)11-9-14/h2-12,20,22H,13H2,1H3,(H,23,24)/t20-/m0/s1. The molecule has 1 amide bonds. The van der Waals surface area contributed by atoms with E-state index in [0.29, 0.717) is 5.75 Å². The van der Waals surface area contributed by atoms with Crippen molar-refractivity contribution in [1.82, 2.24) is 5.32 Å². The number of para-hydroxylation sites is 2. The molecule has 26 heavy (non-hydrogen) atoms. The summed E-state index contributed by atoms with van der Waals surface area (Å²) in [5.41, 5.74) is 1.58. The molecule has 0 aliphatic carbocycles. The summed E-state index contributed by atoms with van der Waals surface area (Å²) < 4.78 is 18.5. The second kappa shape index (κ2) is 8.49. The lowest BCUT2D eigenvalue weighted by Gasteiger charge is -2.19. The first-order valence-electron chi connectivity index (χ1n) is 8.12. The second-order valence-electron chi connectivity index (χ2n) is 5.62. The van der Waals surface area contributed by atoms with Crippen molar-refractivity contribution in [1.29, 1.82) is 0 Å². The Labute approximate surface area is 155 Å². The maximum atomic E-state index is 13.2. The Hall–Kier alpha value is -2.86. The van der Waals surface area contributed by atoms with E-state index < -0.39 is 0 Å². The quantitative estimate of drug-likeness (QED) is 0.655. The van der Waals surface area contributed by atoms with Gasteiger partial charge in [0.25, 0.3) is 0 Å². The highest BCUT2D eigenvalue weighted by Gasteiger charge is 2.18. The second-order valence-corrected chi connectivity index (χ2v) is 6.60. The SMILES string of the molecule is COc1ccccc1NCC(=O)N[C@@H](c1ccc(F)cc1)c1cccs1. The topological polar surface area (TPSA) is 50.4 Å². The molecule has 0 unspecified atom stereocenters. The van der Waals surface area contributed by atoms with Gasteiger partial charge in [-0.25, -0.2) is 4.39 Å². The molecule has 0 aliphatic rings. The molecule has 3 rings (SSSR count). The smallest absolute Gasteiger partial charge is 0.240 e. The Kier molecular flexibility index (Phi) is 5.86. The van der Waals surface area contributed by atoms with Crippen molar-refractivity contribution >= 4 is 22.9 Å². The summed E-state index contributed by atoms with van der Waals surface area (Å²) in [5.74, 6) is 0.204. The van der Waals surface area contributed by atoms with Gasteiger partial charge in [-0.15, -0.1) is 11.3 Å². The van der Waals surface area contributed by atoms with E-state index in [9.17, 15) is 9.18 Å². The number of methoxy groups -OCH3 is 1. The lowest BCUT2D eigenvalue weighted by Crippen LogP contribution is -2.33. The molecular weight excluding hydrogens is 351 g/mol. The van der Waals surface area contributed by atoms with Gasteiger partial charge < -0.3 is 15.4 Å². The molecule has 0 aliphatic heterocycles. The number of thiophene rings is 1. The minimum absolute atomic E-state index is 0.101. The van der Waals surface area contributed by atoms with Gasteiger partial charge in [0.15, 0.2) is 0 Å². The highest BCUT2D eigenvalue weighted by atomic mass is 32.1. The van der Waals surface area contributed by atoms with Crippen molar-refractivity contribution in [3.8, 4) is 5.75 Å². The normalized spacial score (nSPS) is 11.6. The highest BCUT2D eigenvalue weighted by Crippen LogP contribution is 2.26. The Morgan fingerprint density at radius 2 is 1.88 bits per heavy atom. The van der Waals surface area contributed by atoms with Gasteiger partial charge in [0.1, 0.15) is 11.6 Å². The van der Waals surface area contributed by atoms with Crippen LogP contribution in [0.15, 0.2) is 66.0 Å². The van der Waals surface area contributed by atoms with Crippen LogP contribution in [-0.2, 0) is 4.79 Å². The van der Waals surface area contributed by atoms with E-state index in [1.807, 2.05) is 41.8 Å². The third-order valence-electron chi connectivity index (χ3n) is 3.88. The summed E-state index contributed by atoms with van der Waals surface area (Å²) in [5, 5.41) is 8.04. The number of benzene rings is 2. The van der Waals surface area contributed by atoms with Crippen LogP contribution in [0.4, 0.5) is 10.1 Å². The maximum absolute atomic E-state index is 13.2. The van der Waals surface area contributed by atoms with Crippen LogP contribution in [0, 0.1) is 5.82 Å². The first-order valence-corrected chi connectivity index (χ1v) is 9.00. The summed E-state index contributed by atoms with van der Waals surface area (Å²) in [7, 11) is 1.59. The van der Waals surface area contributed by atoms with Crippen molar-refractivity contribution in [2.24, 2.45) is 0 Å². The Morgan fingerprint density at radius 3 is 2.58 bits per heavy atom. The lowest BCUT2D eigenvalue weighted by atomic mass is 10.1. The zero-order valence-electron chi connectivity index (χ0n) is 14.2. The van der Waals surface area contributed by atoms with Crippen LogP contribution >= 0.6 is 11.3 Å². The summed E-state index contributed by atoms with van der Waals surface area (Å²) in [4.78, 5) is 13.5. The fourth-order valence-electron chi connectivity index (χ4n) is 2.61. The number of nitrogens with one attached hydrogen (secondary N) is 2. The van der Waals surface area contributed by atoms with E-state index in [2.05, 4.69) is 10.6 Å². The molecule has 3 aromatic rings. The van der Waals surface area contributed by atoms with E-state index in [4.69, 9.17) is 4.74 Å². The number of rotatable bonds is 7. The predicted molar refractivity (Wildman–Crippen MR) is 102 cm³/mol. The molecule has 0 saturated carbocycles. The third-order valence-corrected chi connectivity index (χ3v) is 4.82. The van der Waals surface area contributed by atoms with Crippen molar-refractivity contribution in [2.75, 3.05) is 19.0 Å². The number of halogens is 1. The molecule has 0 bridgehead atoms. The van der Waals surface area contributed by atoms with Crippen LogP contribution < -0.4 is 15.4 Å². The Balaban J connectivity index is 1.70. The first kappa shape index (κ1) is 17.9. The van der Waals surface area contributed by atoms with Gasteiger partial charge in [0, 0.05) is 4.88 Å². The van der Waals surface area contributed by atoms with Gasteiger partial charge in [-0.3, -0.25) is 4.79 Å². The first-order chi connectivity index (χ1) is 12.7. The number of carbonyl (C=O) groups excluding carboxylic acids is 1. The zero-order valence-corrected chi connectivity index (χ0v) is 15.1. The molecule has 0 spiro atoms. The minimum Gasteiger partial charge on any atom is -0.495 e. The Morgan fingerprint density at radius 1 is 1.12 bits per heavy atom. The number of hydrogen-bond acceptors (Lipinski definition) is 4. The number of carbonyl (C=O) groups is 1. The Bertz CT molecular complexity index is 851. The van der Waals surface area contributed by atoms with Crippen molar-refractivity contribution < 1.29 is 13.9 Å². The summed E-state index contributed by atoms with van der Waals surface area (Å²) in [6.45, 7) is 0.101. The molecule has 1 atom stereocenters. The van der Waals surface area contributed by atoms with Gasteiger partial charge in [0.05, 0.1) is 25.4 Å². The summed E-state index contributed by atoms with van der Waals surface area (Å²) >= 11 is 1.54. The monoisotopic (exact) mass is 370 g/mol. The van der Waals surface area contributed by atoms with E-state index in [-0.39, 0.29) is 24.3 Å². The van der Waals surface area contributed by atoms with Crippen LogP contribution in [0.1, 0.15) is 16.5 Å².